The number of amides is 1. The number of aromatic hydroxyl groups is 1. The fourth-order valence-electron chi connectivity index (χ4n) is 7.65. The molecule has 3 N–H and O–H groups in total. The van der Waals surface area contributed by atoms with Crippen LogP contribution in [0.5, 0.6) is 11.5 Å². The van der Waals surface area contributed by atoms with E-state index in [1.165, 1.54) is 6.07 Å². The number of methoxy groups -OCH3 is 1. The van der Waals surface area contributed by atoms with Gasteiger partial charge in [0, 0.05) is 18.2 Å². The van der Waals surface area contributed by atoms with Gasteiger partial charge in [0.15, 0.2) is 23.4 Å². The molecule has 3 aliphatic carbocycles. The van der Waals surface area contributed by atoms with Gasteiger partial charge in [0.1, 0.15) is 11.7 Å². The quantitative estimate of drug-likeness (QED) is 0.393. The molecule has 0 aromatic heterocycles. The maximum Gasteiger partial charge on any atom is 0.340 e. The van der Waals surface area contributed by atoms with Crippen LogP contribution < -0.4 is 10.1 Å². The molecule has 5 aliphatic rings. The number of benzene rings is 2. The Morgan fingerprint density at radius 3 is 2.79 bits per heavy atom. The lowest BCUT2D eigenvalue weighted by Crippen LogP contribution is -2.78. The molecule has 39 heavy (non-hydrogen) atoms. The Morgan fingerprint density at radius 2 is 2.05 bits per heavy atom. The summed E-state index contributed by atoms with van der Waals surface area (Å²) >= 11 is 0. The average molecular weight is 537 g/mol. The molecule has 1 amide bonds. The lowest BCUT2D eigenvalue weighted by Gasteiger charge is -2.63. The van der Waals surface area contributed by atoms with Crippen LogP contribution in [-0.4, -0.2) is 70.7 Å². The number of esters is 1. The van der Waals surface area contributed by atoms with E-state index in [4.69, 9.17) is 9.47 Å². The summed E-state index contributed by atoms with van der Waals surface area (Å²) in [5.74, 6) is -3.32. The molecule has 2 aromatic rings. The van der Waals surface area contributed by atoms with Crippen molar-refractivity contribution in [1.29, 1.82) is 0 Å². The minimum atomic E-state index is -1.47. The second kappa shape index (κ2) is 8.25. The van der Waals surface area contributed by atoms with Crippen LogP contribution in [0.3, 0.4) is 0 Å². The third-order valence-corrected chi connectivity index (χ3v) is 9.59. The summed E-state index contributed by atoms with van der Waals surface area (Å²) in [5, 5.41) is 25.9. The largest absolute Gasteiger partial charge is 0.504 e. The molecule has 5 atom stereocenters. The van der Waals surface area contributed by atoms with E-state index < -0.39 is 46.5 Å². The summed E-state index contributed by atoms with van der Waals surface area (Å²) < 4.78 is 24.8. The number of Topliss-reactive ketones (excluding diaryl/α,β-unsaturated/α-hetero) is 1. The number of nitrogens with zero attached hydrogens (tertiary/aromatic N) is 1. The van der Waals surface area contributed by atoms with Gasteiger partial charge in [-0.05, 0) is 74.4 Å². The number of nitrogens with one attached hydrogen (secondary N) is 1. The van der Waals surface area contributed by atoms with E-state index in [0.717, 1.165) is 44.2 Å². The Balaban J connectivity index is 1.29. The highest BCUT2D eigenvalue weighted by Gasteiger charge is 2.75. The van der Waals surface area contributed by atoms with Crippen LogP contribution in [0, 0.1) is 17.7 Å². The van der Waals surface area contributed by atoms with Crippen molar-refractivity contribution in [1.82, 2.24) is 4.90 Å². The van der Waals surface area contributed by atoms with Gasteiger partial charge in [0.25, 0.3) is 0 Å². The second-order valence-corrected chi connectivity index (χ2v) is 11.6. The van der Waals surface area contributed by atoms with Gasteiger partial charge in [-0.1, -0.05) is 6.07 Å². The Hall–Kier alpha value is -3.50. The molecular weight excluding hydrogens is 507 g/mol. The molecule has 9 nitrogen and oxygen atoms in total. The fourth-order valence-corrected chi connectivity index (χ4v) is 7.65. The summed E-state index contributed by atoms with van der Waals surface area (Å²) in [7, 11) is 1.15. The first-order valence-corrected chi connectivity index (χ1v) is 13.4. The van der Waals surface area contributed by atoms with E-state index in [1.807, 2.05) is 6.07 Å². The van der Waals surface area contributed by atoms with E-state index in [1.54, 1.807) is 6.07 Å². The topological polar surface area (TPSA) is 125 Å². The molecule has 10 heteroatoms. The van der Waals surface area contributed by atoms with Crippen molar-refractivity contribution in [2.75, 3.05) is 25.5 Å². The molecular formula is C29H29FN2O7. The van der Waals surface area contributed by atoms with Gasteiger partial charge in [-0.2, -0.15) is 0 Å². The Labute approximate surface area is 223 Å². The molecule has 2 bridgehead atoms. The van der Waals surface area contributed by atoms with Crippen LogP contribution in [0.2, 0.25) is 0 Å². The van der Waals surface area contributed by atoms with E-state index in [-0.39, 0.29) is 35.2 Å². The average Bonchev–Trinajstić information content (AvgIpc) is 3.66. The normalized spacial score (nSPS) is 32.3. The standard InChI is InChI=1S/C29H29FN2O7/c1-38-27(36)17-11-16(30)5-6-19(17)31-26(35)18-12-29(37)21-10-15-4-7-20(33)24-22(15)28(29,25(39-24)23(18)34)8-9-32(21)13-14-2-3-14/h4-7,11,14,18,21,25,33,37H,2-3,8-10,12-13H2,1H3,(H,31,35)/t18?,21-,25+,28+,29-/m1/s1. The minimum absolute atomic E-state index is 0.00285. The minimum Gasteiger partial charge on any atom is -0.504 e. The van der Waals surface area contributed by atoms with Crippen molar-refractivity contribution in [2.24, 2.45) is 11.8 Å². The summed E-state index contributed by atoms with van der Waals surface area (Å²) in [6.07, 6.45) is 2.00. The number of ketones is 1. The molecule has 1 saturated heterocycles. The van der Waals surface area contributed by atoms with Crippen molar-refractivity contribution in [3.8, 4) is 11.5 Å². The number of halogens is 1. The molecule has 3 fully saturated rings. The molecule has 2 heterocycles. The predicted molar refractivity (Wildman–Crippen MR) is 135 cm³/mol. The van der Waals surface area contributed by atoms with Crippen molar-refractivity contribution in [3.05, 3.63) is 52.8 Å². The molecule has 2 saturated carbocycles. The van der Waals surface area contributed by atoms with Gasteiger partial charge in [-0.15, -0.1) is 0 Å². The number of hydrogen-bond acceptors (Lipinski definition) is 8. The lowest BCUT2D eigenvalue weighted by atomic mass is 9.47. The highest BCUT2D eigenvalue weighted by atomic mass is 19.1. The number of aliphatic hydroxyl groups is 1. The van der Waals surface area contributed by atoms with Crippen LogP contribution in [0.15, 0.2) is 30.3 Å². The lowest BCUT2D eigenvalue weighted by molar-refractivity contribution is -0.197. The van der Waals surface area contributed by atoms with Crippen molar-refractivity contribution in [3.63, 3.8) is 0 Å². The summed E-state index contributed by atoms with van der Waals surface area (Å²) in [4.78, 5) is 42.2. The molecule has 1 spiro atoms. The number of phenolic OH excluding ortho intramolecular Hbond substituents is 1. The smallest absolute Gasteiger partial charge is 0.340 e. The summed E-state index contributed by atoms with van der Waals surface area (Å²) in [5.41, 5.74) is -1.08. The second-order valence-electron chi connectivity index (χ2n) is 11.6. The number of anilines is 1. The first kappa shape index (κ1) is 24.5. The maximum absolute atomic E-state index is 14.0. The van der Waals surface area contributed by atoms with E-state index in [2.05, 4.69) is 10.2 Å². The van der Waals surface area contributed by atoms with E-state index >= 15 is 0 Å². The van der Waals surface area contributed by atoms with Gasteiger partial charge in [0.2, 0.25) is 5.91 Å². The van der Waals surface area contributed by atoms with Gasteiger partial charge in [0.05, 0.1) is 29.4 Å². The number of carbonyl (C=O) groups excluding carboxylic acids is 3. The Bertz CT molecular complexity index is 1440. The van der Waals surface area contributed by atoms with Gasteiger partial charge < -0.3 is 25.0 Å². The Kier molecular flexibility index (Phi) is 5.19. The molecule has 1 unspecified atom stereocenters. The molecule has 204 valence electrons. The molecule has 2 aliphatic heterocycles. The number of likely N-dealkylation sites (tertiary alicyclic amines) is 1. The SMILES string of the molecule is COC(=O)c1cc(F)ccc1NC(=O)C1C[C@@]2(O)[C@H]3Cc4ccc(O)c5c4[C@@]2(CCN3CC2CC2)[C@@H](O5)C1=O. The van der Waals surface area contributed by atoms with Gasteiger partial charge >= 0.3 is 5.97 Å². The first-order valence-electron chi connectivity index (χ1n) is 13.4. The van der Waals surface area contributed by atoms with Gasteiger partial charge in [-0.3, -0.25) is 14.5 Å². The third-order valence-electron chi connectivity index (χ3n) is 9.59. The molecule has 7 rings (SSSR count). The number of rotatable bonds is 5. The van der Waals surface area contributed by atoms with Crippen LogP contribution in [0.1, 0.15) is 47.2 Å². The zero-order valence-electron chi connectivity index (χ0n) is 21.4. The fraction of sp³-hybridized carbons (Fsp3) is 0.483. The molecule has 2 aromatic carbocycles. The number of phenols is 1. The number of ether oxygens (including phenoxy) is 2. The van der Waals surface area contributed by atoms with E-state index in [9.17, 15) is 29.0 Å². The summed E-state index contributed by atoms with van der Waals surface area (Å²) in [6, 6.07) is 6.36. The number of carbonyl (C=O) groups is 3. The predicted octanol–water partition coefficient (Wildman–Crippen LogP) is 2.32. The van der Waals surface area contributed by atoms with Crippen molar-refractivity contribution in [2.45, 2.75) is 55.3 Å². The monoisotopic (exact) mass is 536 g/mol. The van der Waals surface area contributed by atoms with Crippen LogP contribution in [0.4, 0.5) is 10.1 Å². The molecule has 0 radical (unpaired) electrons. The first-order chi connectivity index (χ1) is 18.7. The Morgan fingerprint density at radius 1 is 1.26 bits per heavy atom. The zero-order chi connectivity index (χ0) is 27.3. The highest BCUT2D eigenvalue weighted by Crippen LogP contribution is 2.65. The number of hydrogen-bond donors (Lipinski definition) is 3. The number of piperidine rings is 1. The van der Waals surface area contributed by atoms with Crippen LogP contribution in [-0.2, 0) is 26.2 Å². The van der Waals surface area contributed by atoms with E-state index in [0.29, 0.717) is 30.9 Å². The van der Waals surface area contributed by atoms with Crippen molar-refractivity contribution >= 4 is 23.3 Å². The summed E-state index contributed by atoms with van der Waals surface area (Å²) in [6.45, 7) is 1.53. The third kappa shape index (κ3) is 3.27. The van der Waals surface area contributed by atoms with Gasteiger partial charge in [-0.25, -0.2) is 9.18 Å². The van der Waals surface area contributed by atoms with Crippen LogP contribution in [0.25, 0.3) is 0 Å². The zero-order valence-corrected chi connectivity index (χ0v) is 21.4. The van der Waals surface area contributed by atoms with Crippen LogP contribution >= 0.6 is 0 Å². The van der Waals surface area contributed by atoms with Crippen molar-refractivity contribution < 1.29 is 38.5 Å². The maximum atomic E-state index is 14.0. The highest BCUT2D eigenvalue weighted by molar-refractivity contribution is 6.12.